The van der Waals surface area contributed by atoms with E-state index in [1.165, 1.54) is 6.42 Å². The molecule has 0 spiro atoms. The summed E-state index contributed by atoms with van der Waals surface area (Å²) in [5, 5.41) is 13.0. The molecule has 0 fully saturated rings. The molecule has 0 aliphatic heterocycles. The van der Waals surface area contributed by atoms with Gasteiger partial charge in [0.05, 0.1) is 0 Å². The van der Waals surface area contributed by atoms with Gasteiger partial charge in [-0.25, -0.2) is 0 Å². The summed E-state index contributed by atoms with van der Waals surface area (Å²) in [6, 6.07) is 9.57. The predicted molar refractivity (Wildman–Crippen MR) is 74.9 cm³/mol. The third-order valence-corrected chi connectivity index (χ3v) is 2.70. The van der Waals surface area contributed by atoms with Gasteiger partial charge in [-0.2, -0.15) is 0 Å². The molecule has 0 saturated heterocycles. The van der Waals surface area contributed by atoms with E-state index in [4.69, 9.17) is 4.74 Å². The van der Waals surface area contributed by atoms with Crippen LogP contribution in [0.1, 0.15) is 26.7 Å². The Morgan fingerprint density at radius 3 is 2.61 bits per heavy atom. The Labute approximate surface area is 110 Å². The molecule has 0 radical (unpaired) electrons. The third-order valence-electron chi connectivity index (χ3n) is 2.70. The zero-order valence-corrected chi connectivity index (χ0v) is 11.4. The van der Waals surface area contributed by atoms with Gasteiger partial charge in [-0.15, -0.1) is 0 Å². The second kappa shape index (κ2) is 8.95. The minimum Gasteiger partial charge on any atom is -0.491 e. The largest absolute Gasteiger partial charge is 0.491 e. The standard InChI is InChI=1S/C15H25NO2/c1-13(2)7-6-10-16-11-14(17)12-18-15-8-4-3-5-9-15/h3-5,8-9,13-14,16-17H,6-7,10-12H2,1-2H3. The van der Waals surface area contributed by atoms with E-state index >= 15 is 0 Å². The Hall–Kier alpha value is -1.06. The quantitative estimate of drug-likeness (QED) is 0.662. The Morgan fingerprint density at radius 2 is 1.94 bits per heavy atom. The van der Waals surface area contributed by atoms with Crippen molar-refractivity contribution in [3.8, 4) is 5.75 Å². The summed E-state index contributed by atoms with van der Waals surface area (Å²) in [6.45, 7) is 6.33. The molecular formula is C15H25NO2. The van der Waals surface area contributed by atoms with Crippen molar-refractivity contribution in [3.05, 3.63) is 30.3 Å². The molecule has 3 nitrogen and oxygen atoms in total. The van der Waals surface area contributed by atoms with Crippen LogP contribution in [-0.2, 0) is 0 Å². The molecule has 0 aliphatic carbocycles. The van der Waals surface area contributed by atoms with Crippen LogP contribution in [-0.4, -0.2) is 30.9 Å². The lowest BCUT2D eigenvalue weighted by atomic mass is 10.1. The first-order chi connectivity index (χ1) is 8.68. The maximum Gasteiger partial charge on any atom is 0.119 e. The second-order valence-electron chi connectivity index (χ2n) is 5.02. The van der Waals surface area contributed by atoms with Crippen LogP contribution in [0.25, 0.3) is 0 Å². The number of rotatable bonds is 9. The molecule has 1 atom stereocenters. The molecule has 0 heterocycles. The van der Waals surface area contributed by atoms with Gasteiger partial charge < -0.3 is 15.2 Å². The van der Waals surface area contributed by atoms with Crippen molar-refractivity contribution in [2.75, 3.05) is 19.7 Å². The summed E-state index contributed by atoms with van der Waals surface area (Å²) in [6.07, 6.45) is 1.93. The number of hydrogen-bond acceptors (Lipinski definition) is 3. The number of aliphatic hydroxyl groups excluding tert-OH is 1. The summed E-state index contributed by atoms with van der Waals surface area (Å²) in [5.74, 6) is 1.55. The fraction of sp³-hybridized carbons (Fsp3) is 0.600. The van der Waals surface area contributed by atoms with E-state index in [2.05, 4.69) is 19.2 Å². The first-order valence-corrected chi connectivity index (χ1v) is 6.75. The van der Waals surface area contributed by atoms with Crippen LogP contribution in [0, 0.1) is 5.92 Å². The lowest BCUT2D eigenvalue weighted by Gasteiger charge is -2.13. The maximum absolute atomic E-state index is 9.73. The molecule has 0 bridgehead atoms. The van der Waals surface area contributed by atoms with Gasteiger partial charge in [-0.1, -0.05) is 32.0 Å². The van der Waals surface area contributed by atoms with E-state index in [0.29, 0.717) is 13.2 Å². The topological polar surface area (TPSA) is 41.5 Å². The Balaban J connectivity index is 2.02. The van der Waals surface area contributed by atoms with Gasteiger partial charge in [0.2, 0.25) is 0 Å². The number of ether oxygens (including phenoxy) is 1. The summed E-state index contributed by atoms with van der Waals surface area (Å²) in [4.78, 5) is 0. The predicted octanol–water partition coefficient (Wildman–Crippen LogP) is 2.45. The minimum absolute atomic E-state index is 0.335. The zero-order valence-electron chi connectivity index (χ0n) is 11.4. The van der Waals surface area contributed by atoms with Crippen molar-refractivity contribution in [1.82, 2.24) is 5.32 Å². The first-order valence-electron chi connectivity index (χ1n) is 6.75. The SMILES string of the molecule is CC(C)CCCNCC(O)COc1ccccc1. The van der Waals surface area contributed by atoms with Crippen LogP contribution in [0.3, 0.4) is 0 Å². The van der Waals surface area contributed by atoms with Gasteiger partial charge in [-0.05, 0) is 37.4 Å². The molecule has 0 aromatic heterocycles. The van der Waals surface area contributed by atoms with Crippen molar-refractivity contribution in [2.24, 2.45) is 5.92 Å². The van der Waals surface area contributed by atoms with Crippen LogP contribution in [0.15, 0.2) is 30.3 Å². The van der Waals surface area contributed by atoms with E-state index in [9.17, 15) is 5.11 Å². The number of nitrogens with one attached hydrogen (secondary N) is 1. The zero-order chi connectivity index (χ0) is 13.2. The van der Waals surface area contributed by atoms with E-state index in [1.807, 2.05) is 30.3 Å². The van der Waals surface area contributed by atoms with E-state index in [1.54, 1.807) is 0 Å². The second-order valence-corrected chi connectivity index (χ2v) is 5.02. The van der Waals surface area contributed by atoms with Crippen LogP contribution in [0.4, 0.5) is 0 Å². The van der Waals surface area contributed by atoms with Crippen molar-refractivity contribution in [3.63, 3.8) is 0 Å². The molecule has 0 saturated carbocycles. The molecule has 1 unspecified atom stereocenters. The van der Waals surface area contributed by atoms with Gasteiger partial charge in [0, 0.05) is 6.54 Å². The molecule has 3 heteroatoms. The number of benzene rings is 1. The Kier molecular flexibility index (Phi) is 7.46. The summed E-state index contributed by atoms with van der Waals surface area (Å²) in [7, 11) is 0. The minimum atomic E-state index is -0.454. The monoisotopic (exact) mass is 251 g/mol. The molecule has 1 aromatic carbocycles. The van der Waals surface area contributed by atoms with E-state index < -0.39 is 6.10 Å². The first kappa shape index (κ1) is 15.0. The number of para-hydroxylation sites is 1. The highest BCUT2D eigenvalue weighted by molar-refractivity contribution is 5.20. The van der Waals surface area contributed by atoms with Crippen LogP contribution >= 0.6 is 0 Å². The van der Waals surface area contributed by atoms with Crippen LogP contribution in [0.5, 0.6) is 5.75 Å². The van der Waals surface area contributed by atoms with Gasteiger partial charge in [0.25, 0.3) is 0 Å². The smallest absolute Gasteiger partial charge is 0.119 e. The summed E-state index contributed by atoms with van der Waals surface area (Å²) < 4.78 is 5.47. The molecule has 0 amide bonds. The highest BCUT2D eigenvalue weighted by Gasteiger charge is 2.04. The Morgan fingerprint density at radius 1 is 1.22 bits per heavy atom. The molecule has 2 N–H and O–H groups in total. The maximum atomic E-state index is 9.73. The molecule has 1 aromatic rings. The van der Waals surface area contributed by atoms with Gasteiger partial charge in [0.1, 0.15) is 18.5 Å². The fourth-order valence-electron chi connectivity index (χ4n) is 1.67. The summed E-state index contributed by atoms with van der Waals surface area (Å²) in [5.41, 5.74) is 0. The highest BCUT2D eigenvalue weighted by Crippen LogP contribution is 2.08. The van der Waals surface area contributed by atoms with Crippen molar-refractivity contribution < 1.29 is 9.84 Å². The highest BCUT2D eigenvalue weighted by atomic mass is 16.5. The number of aliphatic hydroxyl groups is 1. The van der Waals surface area contributed by atoms with E-state index in [0.717, 1.165) is 24.6 Å². The lowest BCUT2D eigenvalue weighted by Crippen LogP contribution is -2.32. The van der Waals surface area contributed by atoms with Crippen LogP contribution < -0.4 is 10.1 Å². The summed E-state index contributed by atoms with van der Waals surface area (Å²) >= 11 is 0. The van der Waals surface area contributed by atoms with Gasteiger partial charge in [0.15, 0.2) is 0 Å². The average Bonchev–Trinajstić information content (AvgIpc) is 2.37. The van der Waals surface area contributed by atoms with Crippen molar-refractivity contribution in [1.29, 1.82) is 0 Å². The average molecular weight is 251 g/mol. The normalized spacial score (nSPS) is 12.7. The fourth-order valence-corrected chi connectivity index (χ4v) is 1.67. The lowest BCUT2D eigenvalue weighted by molar-refractivity contribution is 0.106. The molecule has 0 aliphatic rings. The Bertz CT molecular complexity index is 301. The van der Waals surface area contributed by atoms with Crippen LogP contribution in [0.2, 0.25) is 0 Å². The van der Waals surface area contributed by atoms with Gasteiger partial charge >= 0.3 is 0 Å². The molecule has 1 rings (SSSR count). The third kappa shape index (κ3) is 7.30. The van der Waals surface area contributed by atoms with Crippen molar-refractivity contribution in [2.45, 2.75) is 32.8 Å². The number of hydrogen-bond donors (Lipinski definition) is 2. The molecule has 102 valence electrons. The molecule has 18 heavy (non-hydrogen) atoms. The van der Waals surface area contributed by atoms with Gasteiger partial charge in [-0.3, -0.25) is 0 Å². The van der Waals surface area contributed by atoms with Crippen molar-refractivity contribution >= 4 is 0 Å². The van der Waals surface area contributed by atoms with E-state index in [-0.39, 0.29) is 0 Å². The molecular weight excluding hydrogens is 226 g/mol.